The summed E-state index contributed by atoms with van der Waals surface area (Å²) in [6.45, 7) is 10.9. The fourth-order valence-corrected chi connectivity index (χ4v) is 1.74. The van der Waals surface area contributed by atoms with Crippen LogP contribution in [-0.2, 0) is 0 Å². The van der Waals surface area contributed by atoms with Crippen molar-refractivity contribution in [2.45, 2.75) is 51.8 Å². The molecule has 0 saturated heterocycles. The van der Waals surface area contributed by atoms with Gasteiger partial charge in [0.25, 0.3) is 0 Å². The van der Waals surface area contributed by atoms with Gasteiger partial charge in [0.1, 0.15) is 0 Å². The van der Waals surface area contributed by atoms with E-state index >= 15 is 0 Å². The summed E-state index contributed by atoms with van der Waals surface area (Å²) in [6.07, 6.45) is 2.28. The molecule has 2 atom stereocenters. The first-order valence-corrected chi connectivity index (χ1v) is 6.59. The zero-order chi connectivity index (χ0) is 11.8. The average Bonchev–Trinajstić information content (AvgIpc) is 2.10. The highest BCUT2D eigenvalue weighted by molar-refractivity contribution is 7.81. The lowest BCUT2D eigenvalue weighted by molar-refractivity contribution is 0.461. The first-order chi connectivity index (χ1) is 6.93. The highest BCUT2D eigenvalue weighted by Crippen LogP contribution is 2.09. The van der Waals surface area contributed by atoms with Crippen LogP contribution in [0.2, 0.25) is 0 Å². The number of rotatable bonds is 8. The smallest absolute Gasteiger partial charge is 0.0293 e. The predicted octanol–water partition coefficient (Wildman–Crippen LogP) is 2.29. The normalized spacial score (nSPS) is 16.0. The van der Waals surface area contributed by atoms with E-state index in [0.29, 0.717) is 5.92 Å². The van der Waals surface area contributed by atoms with E-state index in [1.54, 1.807) is 0 Å². The Morgan fingerprint density at radius 2 is 1.73 bits per heavy atom. The van der Waals surface area contributed by atoms with Crippen LogP contribution >= 0.6 is 12.6 Å². The molecule has 0 spiro atoms. The molecule has 3 heteroatoms. The molecule has 0 aromatic heterocycles. The molecule has 1 unspecified atom stereocenters. The van der Waals surface area contributed by atoms with Gasteiger partial charge in [0.05, 0.1) is 0 Å². The highest BCUT2D eigenvalue weighted by Gasteiger charge is 2.14. The van der Waals surface area contributed by atoms with E-state index < -0.39 is 0 Å². The SMILES string of the molecule is CC(C)CCNCC(S)[C@H](N)CC(C)C. The molecule has 0 fully saturated rings. The molecule has 0 aromatic carbocycles. The van der Waals surface area contributed by atoms with E-state index in [9.17, 15) is 0 Å². The maximum Gasteiger partial charge on any atom is 0.0293 e. The lowest BCUT2D eigenvalue weighted by Crippen LogP contribution is -2.39. The molecule has 15 heavy (non-hydrogen) atoms. The second-order valence-corrected chi connectivity index (χ2v) is 5.91. The van der Waals surface area contributed by atoms with Crippen LogP contribution in [0, 0.1) is 11.8 Å². The van der Waals surface area contributed by atoms with Crippen molar-refractivity contribution >= 4 is 12.6 Å². The minimum atomic E-state index is 0.208. The molecular formula is C12H28N2S. The number of hydrogen-bond donors (Lipinski definition) is 3. The molecule has 0 rings (SSSR count). The summed E-state index contributed by atoms with van der Waals surface area (Å²) in [5.74, 6) is 1.42. The van der Waals surface area contributed by atoms with Gasteiger partial charge < -0.3 is 11.1 Å². The predicted molar refractivity (Wildman–Crippen MR) is 72.5 cm³/mol. The average molecular weight is 232 g/mol. The molecule has 0 amide bonds. The van der Waals surface area contributed by atoms with Crippen molar-refractivity contribution in [1.29, 1.82) is 0 Å². The fourth-order valence-electron chi connectivity index (χ4n) is 1.49. The minimum absolute atomic E-state index is 0.208. The highest BCUT2D eigenvalue weighted by atomic mass is 32.1. The van der Waals surface area contributed by atoms with E-state index in [1.165, 1.54) is 6.42 Å². The van der Waals surface area contributed by atoms with E-state index in [0.717, 1.165) is 25.4 Å². The van der Waals surface area contributed by atoms with Crippen LogP contribution in [0.1, 0.15) is 40.5 Å². The molecule has 0 aliphatic heterocycles. The van der Waals surface area contributed by atoms with Crippen molar-refractivity contribution in [3.63, 3.8) is 0 Å². The maximum absolute atomic E-state index is 6.04. The minimum Gasteiger partial charge on any atom is -0.327 e. The third-order valence-electron chi connectivity index (χ3n) is 2.49. The van der Waals surface area contributed by atoms with Crippen molar-refractivity contribution in [3.05, 3.63) is 0 Å². The van der Waals surface area contributed by atoms with Crippen molar-refractivity contribution in [1.82, 2.24) is 5.32 Å². The van der Waals surface area contributed by atoms with Crippen molar-refractivity contribution < 1.29 is 0 Å². The fraction of sp³-hybridized carbons (Fsp3) is 1.00. The molecule has 0 aliphatic rings. The van der Waals surface area contributed by atoms with Gasteiger partial charge in [-0.15, -0.1) is 0 Å². The standard InChI is InChI=1S/C12H28N2S/c1-9(2)5-6-14-8-12(15)11(13)7-10(3)4/h9-12,14-15H,5-8,13H2,1-4H3/t11-,12?/m1/s1. The van der Waals surface area contributed by atoms with Gasteiger partial charge in [-0.1, -0.05) is 27.7 Å². The Bertz CT molecular complexity index is 149. The summed E-state index contributed by atoms with van der Waals surface area (Å²) in [6, 6.07) is 0.208. The Kier molecular flexibility index (Phi) is 8.58. The molecule has 0 saturated carbocycles. The van der Waals surface area contributed by atoms with Gasteiger partial charge in [0.2, 0.25) is 0 Å². The zero-order valence-electron chi connectivity index (χ0n) is 10.7. The van der Waals surface area contributed by atoms with Gasteiger partial charge in [0.15, 0.2) is 0 Å². The second-order valence-electron chi connectivity index (χ2n) is 5.25. The van der Waals surface area contributed by atoms with Crippen LogP contribution in [0.4, 0.5) is 0 Å². The molecule has 0 aromatic rings. The van der Waals surface area contributed by atoms with Crippen molar-refractivity contribution in [3.8, 4) is 0 Å². The van der Waals surface area contributed by atoms with Crippen LogP contribution < -0.4 is 11.1 Å². The number of thiol groups is 1. The van der Waals surface area contributed by atoms with E-state index in [1.807, 2.05) is 0 Å². The van der Waals surface area contributed by atoms with Crippen LogP contribution in [0.5, 0.6) is 0 Å². The van der Waals surface area contributed by atoms with Crippen LogP contribution in [0.25, 0.3) is 0 Å². The van der Waals surface area contributed by atoms with Gasteiger partial charge in [-0.25, -0.2) is 0 Å². The summed E-state index contributed by atoms with van der Waals surface area (Å²) < 4.78 is 0. The zero-order valence-corrected chi connectivity index (χ0v) is 11.6. The summed E-state index contributed by atoms with van der Waals surface area (Å²) >= 11 is 4.54. The quantitative estimate of drug-likeness (QED) is 0.444. The van der Waals surface area contributed by atoms with E-state index in [-0.39, 0.29) is 11.3 Å². The number of hydrogen-bond acceptors (Lipinski definition) is 3. The molecule has 3 N–H and O–H groups in total. The third-order valence-corrected chi connectivity index (χ3v) is 3.06. The Morgan fingerprint density at radius 3 is 2.20 bits per heavy atom. The van der Waals surface area contributed by atoms with Gasteiger partial charge in [-0.3, -0.25) is 0 Å². The molecular weight excluding hydrogens is 204 g/mol. The van der Waals surface area contributed by atoms with Gasteiger partial charge in [-0.05, 0) is 31.2 Å². The molecule has 0 aliphatic carbocycles. The summed E-state index contributed by atoms with van der Waals surface area (Å²) in [5, 5.41) is 3.69. The third kappa shape index (κ3) is 9.21. The van der Waals surface area contributed by atoms with Crippen molar-refractivity contribution in [2.75, 3.05) is 13.1 Å². The number of nitrogens with two attached hydrogens (primary N) is 1. The Labute approximate surface area is 101 Å². The first-order valence-electron chi connectivity index (χ1n) is 6.07. The Morgan fingerprint density at radius 1 is 1.13 bits per heavy atom. The summed E-state index contributed by atoms with van der Waals surface area (Å²) in [5.41, 5.74) is 6.04. The molecule has 0 radical (unpaired) electrons. The van der Waals surface area contributed by atoms with Crippen LogP contribution in [0.15, 0.2) is 0 Å². The summed E-state index contributed by atoms with van der Waals surface area (Å²) in [7, 11) is 0. The Hall–Kier alpha value is 0.270. The number of nitrogens with one attached hydrogen (secondary N) is 1. The van der Waals surface area contributed by atoms with E-state index in [2.05, 4.69) is 45.6 Å². The largest absolute Gasteiger partial charge is 0.327 e. The maximum atomic E-state index is 6.04. The van der Waals surface area contributed by atoms with Crippen molar-refractivity contribution in [2.24, 2.45) is 17.6 Å². The molecule has 0 heterocycles. The lowest BCUT2D eigenvalue weighted by Gasteiger charge is -2.21. The monoisotopic (exact) mass is 232 g/mol. The van der Waals surface area contributed by atoms with Crippen LogP contribution in [0.3, 0.4) is 0 Å². The van der Waals surface area contributed by atoms with E-state index in [4.69, 9.17) is 5.73 Å². The van der Waals surface area contributed by atoms with Gasteiger partial charge >= 0.3 is 0 Å². The van der Waals surface area contributed by atoms with Gasteiger partial charge in [0, 0.05) is 17.8 Å². The lowest BCUT2D eigenvalue weighted by atomic mass is 10.0. The summed E-state index contributed by atoms with van der Waals surface area (Å²) in [4.78, 5) is 0. The topological polar surface area (TPSA) is 38.0 Å². The molecule has 0 bridgehead atoms. The first kappa shape index (κ1) is 15.3. The second kappa shape index (κ2) is 8.43. The molecule has 92 valence electrons. The van der Waals surface area contributed by atoms with Crippen LogP contribution in [-0.4, -0.2) is 24.4 Å². The molecule has 2 nitrogen and oxygen atoms in total. The van der Waals surface area contributed by atoms with Gasteiger partial charge in [-0.2, -0.15) is 12.6 Å². The Balaban J connectivity index is 3.51.